The SMILES string of the molecule is CCOc1cc(CN(c2ccc(C#N)cn2)C2CCNCC2)cc(OCC)c1F. The largest absolute Gasteiger partial charge is 0.491 e. The lowest BCUT2D eigenvalue weighted by Crippen LogP contribution is -2.43. The molecule has 7 heteroatoms. The van der Waals surface area contributed by atoms with Crippen molar-refractivity contribution >= 4 is 5.82 Å². The molecule has 1 aliphatic heterocycles. The molecular formula is C22H27FN4O2. The number of anilines is 1. The van der Waals surface area contributed by atoms with Crippen LogP contribution in [0.1, 0.15) is 37.8 Å². The molecule has 0 saturated carbocycles. The predicted octanol–water partition coefficient (Wildman–Crippen LogP) is 3.65. The molecule has 1 aromatic heterocycles. The molecule has 6 nitrogen and oxygen atoms in total. The molecule has 1 fully saturated rings. The van der Waals surface area contributed by atoms with E-state index in [1.807, 2.05) is 19.9 Å². The quantitative estimate of drug-likeness (QED) is 0.732. The van der Waals surface area contributed by atoms with Crippen LogP contribution in [-0.4, -0.2) is 37.3 Å². The van der Waals surface area contributed by atoms with E-state index in [1.54, 1.807) is 24.4 Å². The van der Waals surface area contributed by atoms with Gasteiger partial charge in [0, 0.05) is 18.8 Å². The second-order valence-corrected chi connectivity index (χ2v) is 6.90. The van der Waals surface area contributed by atoms with Gasteiger partial charge in [0.15, 0.2) is 11.5 Å². The molecule has 1 saturated heterocycles. The zero-order valence-electron chi connectivity index (χ0n) is 16.9. The minimum absolute atomic E-state index is 0.200. The van der Waals surface area contributed by atoms with Crippen molar-refractivity contribution in [2.75, 3.05) is 31.2 Å². The van der Waals surface area contributed by atoms with Crippen LogP contribution in [0.3, 0.4) is 0 Å². The fourth-order valence-electron chi connectivity index (χ4n) is 3.57. The first kappa shape index (κ1) is 20.9. The van der Waals surface area contributed by atoms with Gasteiger partial charge in [-0.25, -0.2) is 4.98 Å². The van der Waals surface area contributed by atoms with Gasteiger partial charge in [-0.05, 0) is 69.6 Å². The number of pyridine rings is 1. The Bertz CT molecular complexity index is 818. The van der Waals surface area contributed by atoms with Crippen molar-refractivity contribution in [3.05, 3.63) is 47.4 Å². The van der Waals surface area contributed by atoms with Crippen molar-refractivity contribution in [2.45, 2.75) is 39.3 Å². The zero-order chi connectivity index (χ0) is 20.6. The Morgan fingerprint density at radius 1 is 1.17 bits per heavy atom. The summed E-state index contributed by atoms with van der Waals surface area (Å²) >= 11 is 0. The van der Waals surface area contributed by atoms with E-state index in [1.165, 1.54) is 0 Å². The number of nitrogens with one attached hydrogen (secondary N) is 1. The van der Waals surface area contributed by atoms with Gasteiger partial charge in [-0.15, -0.1) is 0 Å². The number of ether oxygens (including phenoxy) is 2. The summed E-state index contributed by atoms with van der Waals surface area (Å²) in [6.07, 6.45) is 3.56. The number of nitriles is 1. The minimum atomic E-state index is -0.470. The molecular weight excluding hydrogens is 371 g/mol. The van der Waals surface area contributed by atoms with Gasteiger partial charge in [0.1, 0.15) is 11.9 Å². The maximum atomic E-state index is 14.6. The van der Waals surface area contributed by atoms with Gasteiger partial charge in [0.05, 0.1) is 18.8 Å². The number of benzene rings is 1. The Kier molecular flexibility index (Phi) is 7.25. The van der Waals surface area contributed by atoms with Crippen molar-refractivity contribution in [1.82, 2.24) is 10.3 Å². The van der Waals surface area contributed by atoms with Crippen LogP contribution < -0.4 is 19.7 Å². The molecule has 1 aliphatic rings. The lowest BCUT2D eigenvalue weighted by Gasteiger charge is -2.36. The monoisotopic (exact) mass is 398 g/mol. The van der Waals surface area contributed by atoms with Gasteiger partial charge in [0.25, 0.3) is 0 Å². The van der Waals surface area contributed by atoms with Crippen molar-refractivity contribution in [3.63, 3.8) is 0 Å². The van der Waals surface area contributed by atoms with Crippen LogP contribution in [0.2, 0.25) is 0 Å². The van der Waals surface area contributed by atoms with Crippen LogP contribution in [0.15, 0.2) is 30.5 Å². The van der Waals surface area contributed by atoms with Crippen LogP contribution >= 0.6 is 0 Å². The number of piperidine rings is 1. The van der Waals surface area contributed by atoms with E-state index in [4.69, 9.17) is 14.7 Å². The van der Waals surface area contributed by atoms with E-state index < -0.39 is 5.82 Å². The first-order valence-electron chi connectivity index (χ1n) is 10.1. The molecule has 1 aromatic carbocycles. The van der Waals surface area contributed by atoms with E-state index in [2.05, 4.69) is 21.3 Å². The maximum Gasteiger partial charge on any atom is 0.206 e. The van der Waals surface area contributed by atoms with Crippen molar-refractivity contribution in [3.8, 4) is 17.6 Å². The average molecular weight is 398 g/mol. The van der Waals surface area contributed by atoms with Crippen LogP contribution in [0.5, 0.6) is 11.5 Å². The third-order valence-electron chi connectivity index (χ3n) is 4.94. The van der Waals surface area contributed by atoms with Gasteiger partial charge in [-0.1, -0.05) is 0 Å². The standard InChI is InChI=1S/C22H27FN4O2/c1-3-28-19-11-17(12-20(22(19)23)29-4-2)15-27(18-7-9-25-10-8-18)21-6-5-16(13-24)14-26-21/h5-6,11-12,14,18,25H,3-4,7-10,15H2,1-2H3. The fourth-order valence-corrected chi connectivity index (χ4v) is 3.57. The molecule has 154 valence electrons. The van der Waals surface area contributed by atoms with Crippen LogP contribution in [0, 0.1) is 17.1 Å². The summed E-state index contributed by atoms with van der Waals surface area (Å²) in [6.45, 7) is 6.83. The molecule has 1 N–H and O–H groups in total. The lowest BCUT2D eigenvalue weighted by atomic mass is 10.0. The van der Waals surface area contributed by atoms with Crippen LogP contribution in [0.25, 0.3) is 0 Å². The van der Waals surface area contributed by atoms with Gasteiger partial charge < -0.3 is 19.7 Å². The van der Waals surface area contributed by atoms with Crippen LogP contribution in [-0.2, 0) is 6.54 Å². The second-order valence-electron chi connectivity index (χ2n) is 6.90. The summed E-state index contributed by atoms with van der Waals surface area (Å²) in [4.78, 5) is 6.73. The number of nitrogens with zero attached hydrogens (tertiary/aromatic N) is 3. The average Bonchev–Trinajstić information content (AvgIpc) is 2.76. The van der Waals surface area contributed by atoms with Gasteiger partial charge in [-0.3, -0.25) is 0 Å². The molecule has 3 rings (SSSR count). The summed E-state index contributed by atoms with van der Waals surface area (Å²) in [5, 5.41) is 12.4. The molecule has 0 amide bonds. The smallest absolute Gasteiger partial charge is 0.206 e. The Labute approximate surface area is 171 Å². The van der Waals surface area contributed by atoms with Crippen LogP contribution in [0.4, 0.5) is 10.2 Å². The highest BCUT2D eigenvalue weighted by Crippen LogP contribution is 2.31. The first-order valence-corrected chi connectivity index (χ1v) is 10.1. The van der Waals surface area contributed by atoms with Crippen molar-refractivity contribution in [2.24, 2.45) is 0 Å². The molecule has 0 aliphatic carbocycles. The third-order valence-corrected chi connectivity index (χ3v) is 4.94. The van der Waals surface area contributed by atoms with E-state index >= 15 is 0 Å². The predicted molar refractivity (Wildman–Crippen MR) is 110 cm³/mol. The molecule has 0 unspecified atom stereocenters. The maximum absolute atomic E-state index is 14.6. The number of hydrogen-bond acceptors (Lipinski definition) is 6. The number of aromatic nitrogens is 1. The molecule has 0 radical (unpaired) electrons. The normalized spacial score (nSPS) is 14.3. The zero-order valence-corrected chi connectivity index (χ0v) is 16.9. The van der Waals surface area contributed by atoms with Gasteiger partial charge in [-0.2, -0.15) is 9.65 Å². The highest BCUT2D eigenvalue weighted by Gasteiger charge is 2.24. The topological polar surface area (TPSA) is 70.4 Å². The van der Waals surface area contributed by atoms with E-state index in [9.17, 15) is 4.39 Å². The summed E-state index contributed by atoms with van der Waals surface area (Å²) < 4.78 is 25.6. The van der Waals surface area contributed by atoms with Gasteiger partial charge >= 0.3 is 0 Å². The third kappa shape index (κ3) is 5.15. The van der Waals surface area contributed by atoms with E-state index in [-0.39, 0.29) is 11.5 Å². The van der Waals surface area contributed by atoms with Crippen molar-refractivity contribution < 1.29 is 13.9 Å². The highest BCUT2D eigenvalue weighted by molar-refractivity contribution is 5.47. The Morgan fingerprint density at radius 2 is 1.83 bits per heavy atom. The number of hydrogen-bond donors (Lipinski definition) is 1. The lowest BCUT2D eigenvalue weighted by molar-refractivity contribution is 0.291. The summed E-state index contributed by atoms with van der Waals surface area (Å²) in [7, 11) is 0. The summed E-state index contributed by atoms with van der Waals surface area (Å²) in [6, 6.07) is 9.52. The molecule has 0 atom stereocenters. The fraction of sp³-hybridized carbons (Fsp3) is 0.455. The Balaban J connectivity index is 1.94. The van der Waals surface area contributed by atoms with Gasteiger partial charge in [0.2, 0.25) is 5.82 Å². The molecule has 2 heterocycles. The molecule has 2 aromatic rings. The minimum Gasteiger partial charge on any atom is -0.491 e. The van der Waals surface area contributed by atoms with E-state index in [0.717, 1.165) is 37.3 Å². The number of halogens is 1. The molecule has 29 heavy (non-hydrogen) atoms. The van der Waals surface area contributed by atoms with Crippen molar-refractivity contribution in [1.29, 1.82) is 5.26 Å². The Hall–Kier alpha value is -2.85. The van der Waals surface area contributed by atoms with E-state index in [0.29, 0.717) is 31.4 Å². The second kappa shape index (κ2) is 10.1. The number of rotatable bonds is 8. The Morgan fingerprint density at radius 3 is 2.34 bits per heavy atom. The summed E-state index contributed by atoms with van der Waals surface area (Å²) in [5.74, 6) is 0.733. The molecule has 0 bridgehead atoms. The highest BCUT2D eigenvalue weighted by atomic mass is 19.1. The first-order chi connectivity index (χ1) is 14.2. The molecule has 0 spiro atoms. The summed E-state index contributed by atoms with van der Waals surface area (Å²) in [5.41, 5.74) is 1.42.